The van der Waals surface area contributed by atoms with Gasteiger partial charge in [-0.3, -0.25) is 0 Å². The highest BCUT2D eigenvalue weighted by Crippen LogP contribution is 2.35. The molecule has 1 aromatic heterocycles. The molecule has 1 aliphatic carbocycles. The molecule has 0 spiro atoms. The quantitative estimate of drug-likeness (QED) is 0.873. The largest absolute Gasteiger partial charge is 0.477 e. The standard InChI is InChI=1S/C14H21N3O2/c1-10-8-11(12(18)19)17-13(16-10)15-9-14(2)6-4-3-5-7-14/h8H,3-7,9H2,1-2H3,(H,18,19)(H,15,16,17). The van der Waals surface area contributed by atoms with E-state index in [2.05, 4.69) is 22.2 Å². The molecule has 5 heteroatoms. The Morgan fingerprint density at radius 2 is 2.05 bits per heavy atom. The van der Waals surface area contributed by atoms with E-state index >= 15 is 0 Å². The highest BCUT2D eigenvalue weighted by atomic mass is 16.4. The summed E-state index contributed by atoms with van der Waals surface area (Å²) in [6.07, 6.45) is 6.27. The lowest BCUT2D eigenvalue weighted by Crippen LogP contribution is -2.29. The number of carboxylic acid groups (broad SMARTS) is 1. The number of aryl methyl sites for hydroxylation is 1. The molecule has 0 atom stereocenters. The van der Waals surface area contributed by atoms with Crippen LogP contribution in [0, 0.1) is 12.3 Å². The van der Waals surface area contributed by atoms with E-state index in [9.17, 15) is 4.79 Å². The third kappa shape index (κ3) is 3.66. The Morgan fingerprint density at radius 1 is 1.37 bits per heavy atom. The van der Waals surface area contributed by atoms with E-state index < -0.39 is 5.97 Å². The van der Waals surface area contributed by atoms with Crippen molar-refractivity contribution in [2.24, 2.45) is 5.41 Å². The third-order valence-electron chi connectivity index (χ3n) is 3.81. The number of hydrogen-bond acceptors (Lipinski definition) is 4. The van der Waals surface area contributed by atoms with Gasteiger partial charge >= 0.3 is 5.97 Å². The molecular weight excluding hydrogens is 242 g/mol. The highest BCUT2D eigenvalue weighted by Gasteiger charge is 2.26. The van der Waals surface area contributed by atoms with E-state index in [4.69, 9.17) is 5.11 Å². The summed E-state index contributed by atoms with van der Waals surface area (Å²) < 4.78 is 0. The fraction of sp³-hybridized carbons (Fsp3) is 0.643. The first-order valence-corrected chi connectivity index (χ1v) is 6.81. The van der Waals surface area contributed by atoms with E-state index in [1.54, 1.807) is 6.92 Å². The average molecular weight is 263 g/mol. The van der Waals surface area contributed by atoms with E-state index in [1.165, 1.54) is 38.2 Å². The zero-order valence-corrected chi connectivity index (χ0v) is 11.6. The van der Waals surface area contributed by atoms with Crippen molar-refractivity contribution in [1.82, 2.24) is 9.97 Å². The second-order valence-corrected chi connectivity index (χ2v) is 5.75. The van der Waals surface area contributed by atoms with Crippen molar-refractivity contribution in [3.63, 3.8) is 0 Å². The van der Waals surface area contributed by atoms with Crippen LogP contribution in [0.2, 0.25) is 0 Å². The van der Waals surface area contributed by atoms with Crippen LogP contribution in [0.5, 0.6) is 0 Å². The van der Waals surface area contributed by atoms with E-state index in [0.29, 0.717) is 11.6 Å². The molecule has 0 unspecified atom stereocenters. The molecule has 0 aliphatic heterocycles. The molecule has 0 bridgehead atoms. The zero-order chi connectivity index (χ0) is 13.9. The second-order valence-electron chi connectivity index (χ2n) is 5.75. The van der Waals surface area contributed by atoms with Crippen molar-refractivity contribution in [3.05, 3.63) is 17.5 Å². The maximum absolute atomic E-state index is 11.0. The minimum atomic E-state index is -1.02. The normalized spacial score (nSPS) is 18.0. The number of anilines is 1. The van der Waals surface area contributed by atoms with Gasteiger partial charge in [-0.15, -0.1) is 0 Å². The average Bonchev–Trinajstić information content (AvgIpc) is 2.37. The first kappa shape index (κ1) is 13.8. The summed E-state index contributed by atoms with van der Waals surface area (Å²) in [4.78, 5) is 19.2. The summed E-state index contributed by atoms with van der Waals surface area (Å²) in [6.45, 7) is 4.85. The molecule has 1 aliphatic rings. The molecule has 0 radical (unpaired) electrons. The zero-order valence-electron chi connectivity index (χ0n) is 11.6. The minimum Gasteiger partial charge on any atom is -0.477 e. The Labute approximate surface area is 113 Å². The number of carbonyl (C=O) groups is 1. The predicted molar refractivity (Wildman–Crippen MR) is 73.4 cm³/mol. The van der Waals surface area contributed by atoms with Gasteiger partial charge in [0.15, 0.2) is 5.69 Å². The topological polar surface area (TPSA) is 75.1 Å². The summed E-state index contributed by atoms with van der Waals surface area (Å²) in [6, 6.07) is 1.48. The van der Waals surface area contributed by atoms with Crippen LogP contribution in [0.25, 0.3) is 0 Å². The van der Waals surface area contributed by atoms with Gasteiger partial charge < -0.3 is 10.4 Å². The van der Waals surface area contributed by atoms with Gasteiger partial charge in [-0.1, -0.05) is 26.2 Å². The summed E-state index contributed by atoms with van der Waals surface area (Å²) in [5.41, 5.74) is 0.988. The number of hydrogen-bond donors (Lipinski definition) is 2. The van der Waals surface area contributed by atoms with Crippen molar-refractivity contribution in [1.29, 1.82) is 0 Å². The highest BCUT2D eigenvalue weighted by molar-refractivity contribution is 5.85. The molecular formula is C14H21N3O2. The number of nitrogens with zero attached hydrogens (tertiary/aromatic N) is 2. The summed E-state index contributed by atoms with van der Waals surface area (Å²) in [5, 5.41) is 12.2. The van der Waals surface area contributed by atoms with E-state index in [1.807, 2.05) is 0 Å². The molecule has 104 valence electrons. The molecule has 19 heavy (non-hydrogen) atoms. The lowest BCUT2D eigenvalue weighted by molar-refractivity contribution is 0.0690. The van der Waals surface area contributed by atoms with Crippen LogP contribution in [-0.2, 0) is 0 Å². The maximum Gasteiger partial charge on any atom is 0.354 e. The molecule has 0 saturated heterocycles. The van der Waals surface area contributed by atoms with Crippen LogP contribution < -0.4 is 5.32 Å². The summed E-state index contributed by atoms with van der Waals surface area (Å²) >= 11 is 0. The number of aromatic nitrogens is 2. The summed E-state index contributed by atoms with van der Waals surface area (Å²) in [5.74, 6) is -0.596. The van der Waals surface area contributed by atoms with Crippen molar-refractivity contribution in [3.8, 4) is 0 Å². The van der Waals surface area contributed by atoms with Crippen molar-refractivity contribution >= 4 is 11.9 Å². The second kappa shape index (κ2) is 5.55. The molecule has 1 fully saturated rings. The summed E-state index contributed by atoms with van der Waals surface area (Å²) in [7, 11) is 0. The molecule has 0 aromatic carbocycles. The van der Waals surface area contributed by atoms with Gasteiger partial charge in [0.2, 0.25) is 5.95 Å². The van der Waals surface area contributed by atoms with Crippen LogP contribution in [0.3, 0.4) is 0 Å². The Hall–Kier alpha value is -1.65. The molecule has 1 heterocycles. The monoisotopic (exact) mass is 263 g/mol. The molecule has 2 N–H and O–H groups in total. The number of carboxylic acids is 1. The van der Waals surface area contributed by atoms with Gasteiger partial charge in [0, 0.05) is 12.2 Å². The lowest BCUT2D eigenvalue weighted by Gasteiger charge is -2.33. The van der Waals surface area contributed by atoms with Crippen LogP contribution in [0.15, 0.2) is 6.07 Å². The Bertz CT molecular complexity index is 468. The number of nitrogens with one attached hydrogen (secondary N) is 1. The van der Waals surface area contributed by atoms with Crippen molar-refractivity contribution in [2.45, 2.75) is 46.0 Å². The fourth-order valence-electron chi connectivity index (χ4n) is 2.63. The smallest absolute Gasteiger partial charge is 0.354 e. The number of aromatic carboxylic acids is 1. The first-order valence-electron chi connectivity index (χ1n) is 6.81. The van der Waals surface area contributed by atoms with Crippen molar-refractivity contribution < 1.29 is 9.90 Å². The first-order chi connectivity index (χ1) is 8.98. The van der Waals surface area contributed by atoms with Crippen molar-refractivity contribution in [2.75, 3.05) is 11.9 Å². The minimum absolute atomic E-state index is 0.0452. The molecule has 5 nitrogen and oxygen atoms in total. The van der Waals surface area contributed by atoms with Gasteiger partial charge in [0.25, 0.3) is 0 Å². The molecule has 1 aromatic rings. The molecule has 0 amide bonds. The maximum atomic E-state index is 11.0. The van der Waals surface area contributed by atoms with E-state index in [-0.39, 0.29) is 11.1 Å². The van der Waals surface area contributed by atoms with Crippen LogP contribution in [0.1, 0.15) is 55.2 Å². The third-order valence-corrected chi connectivity index (χ3v) is 3.81. The van der Waals surface area contributed by atoms with E-state index in [0.717, 1.165) is 6.54 Å². The number of rotatable bonds is 4. The van der Waals surface area contributed by atoms with Gasteiger partial charge in [0.05, 0.1) is 0 Å². The van der Waals surface area contributed by atoms with Gasteiger partial charge in [-0.2, -0.15) is 0 Å². The van der Waals surface area contributed by atoms with Gasteiger partial charge in [0.1, 0.15) is 0 Å². The molecule has 1 saturated carbocycles. The van der Waals surface area contributed by atoms with Crippen LogP contribution in [-0.4, -0.2) is 27.6 Å². The van der Waals surface area contributed by atoms with Gasteiger partial charge in [-0.25, -0.2) is 14.8 Å². The lowest BCUT2D eigenvalue weighted by atomic mass is 9.76. The Balaban J connectivity index is 2.04. The predicted octanol–water partition coefficient (Wildman–Crippen LogP) is 2.87. The molecule has 2 rings (SSSR count). The Kier molecular flexibility index (Phi) is 4.02. The fourth-order valence-corrected chi connectivity index (χ4v) is 2.63. The van der Waals surface area contributed by atoms with Crippen LogP contribution in [0.4, 0.5) is 5.95 Å². The van der Waals surface area contributed by atoms with Gasteiger partial charge in [-0.05, 0) is 31.2 Å². The van der Waals surface area contributed by atoms with Crippen LogP contribution >= 0.6 is 0 Å². The Morgan fingerprint density at radius 3 is 2.68 bits per heavy atom. The SMILES string of the molecule is Cc1cc(C(=O)O)nc(NCC2(C)CCCCC2)n1.